The summed E-state index contributed by atoms with van der Waals surface area (Å²) in [6.45, 7) is 0. The lowest BCUT2D eigenvalue weighted by Gasteiger charge is -2.09. The number of carbonyl (C=O) groups excluding carboxylic acids is 2. The van der Waals surface area contributed by atoms with E-state index in [1.54, 1.807) is 72.8 Å². The van der Waals surface area contributed by atoms with Gasteiger partial charge in [-0.3, -0.25) is 9.59 Å². The van der Waals surface area contributed by atoms with Gasteiger partial charge in [-0.05, 0) is 36.4 Å². The second-order valence-electron chi connectivity index (χ2n) is 4.94. The van der Waals surface area contributed by atoms with Gasteiger partial charge in [0, 0.05) is 17.2 Å². The van der Waals surface area contributed by atoms with Crippen molar-refractivity contribution in [2.75, 3.05) is 0 Å². The molecule has 0 atom stereocenters. The summed E-state index contributed by atoms with van der Waals surface area (Å²) in [5.41, 5.74) is 0.837. The second-order valence-corrected chi connectivity index (χ2v) is 4.94. The van der Waals surface area contributed by atoms with Gasteiger partial charge in [0.25, 0.3) is 0 Å². The van der Waals surface area contributed by atoms with Crippen molar-refractivity contribution < 1.29 is 19.1 Å². The minimum absolute atomic E-state index is 0.418. The molecule has 3 aromatic rings. The Labute approximate surface area is 139 Å². The molecule has 3 rings (SSSR count). The highest BCUT2D eigenvalue weighted by Crippen LogP contribution is 2.28. The van der Waals surface area contributed by atoms with Crippen molar-refractivity contribution in [2.45, 2.75) is 0 Å². The molecule has 4 nitrogen and oxygen atoms in total. The van der Waals surface area contributed by atoms with Crippen LogP contribution < -0.4 is 9.47 Å². The van der Waals surface area contributed by atoms with Crippen LogP contribution >= 0.6 is 0 Å². The first-order chi connectivity index (χ1) is 11.8. The van der Waals surface area contributed by atoms with Gasteiger partial charge in [-0.15, -0.1) is 0 Å². The quantitative estimate of drug-likeness (QED) is 0.684. The van der Waals surface area contributed by atoms with Crippen molar-refractivity contribution in [3.05, 3.63) is 83.9 Å². The van der Waals surface area contributed by atoms with Crippen LogP contribution in [0.3, 0.4) is 0 Å². The van der Waals surface area contributed by atoms with E-state index in [0.29, 0.717) is 34.1 Å². The Morgan fingerprint density at radius 1 is 0.542 bits per heavy atom. The maximum Gasteiger partial charge on any atom is 0.233 e. The molecule has 0 bridgehead atoms. The van der Waals surface area contributed by atoms with Crippen LogP contribution in [0.5, 0.6) is 23.0 Å². The van der Waals surface area contributed by atoms with Crippen LogP contribution in [-0.2, 0) is 9.59 Å². The first kappa shape index (κ1) is 15.5. The molecule has 3 aromatic carbocycles. The third kappa shape index (κ3) is 3.87. The van der Waals surface area contributed by atoms with Gasteiger partial charge >= 0.3 is 0 Å². The summed E-state index contributed by atoms with van der Waals surface area (Å²) < 4.78 is 11.4. The minimum atomic E-state index is 0.418. The molecule has 116 valence electrons. The van der Waals surface area contributed by atoms with Gasteiger partial charge in [-0.1, -0.05) is 30.3 Å². The molecule has 0 saturated carbocycles. The van der Waals surface area contributed by atoms with E-state index in [9.17, 15) is 9.59 Å². The van der Waals surface area contributed by atoms with Crippen molar-refractivity contribution in [2.24, 2.45) is 0 Å². The highest BCUT2D eigenvalue weighted by molar-refractivity contribution is 5.76. The highest BCUT2D eigenvalue weighted by atomic mass is 16.5. The maximum absolute atomic E-state index is 10.7. The monoisotopic (exact) mass is 316 g/mol. The number of ether oxygens (including phenoxy) is 2. The Bertz CT molecular complexity index is 802. The average Bonchev–Trinajstić information content (AvgIpc) is 2.62. The molecule has 0 aliphatic carbocycles. The normalized spacial score (nSPS) is 10.0. The van der Waals surface area contributed by atoms with Crippen LogP contribution in [0.2, 0.25) is 0 Å². The molecule has 0 N–H and O–H groups in total. The van der Waals surface area contributed by atoms with Gasteiger partial charge in [-0.25, -0.2) is 0 Å². The Morgan fingerprint density at radius 3 is 1.33 bits per heavy atom. The van der Waals surface area contributed by atoms with Gasteiger partial charge in [0.05, 0.1) is 0 Å². The molecule has 0 spiro atoms. The van der Waals surface area contributed by atoms with Crippen LogP contribution in [0, 0.1) is 0 Å². The summed E-state index contributed by atoms with van der Waals surface area (Å²) in [5, 5.41) is 0. The molecule has 4 heteroatoms. The van der Waals surface area contributed by atoms with Crippen molar-refractivity contribution in [3.63, 3.8) is 0 Å². The molecule has 0 saturated heterocycles. The fourth-order valence-electron chi connectivity index (χ4n) is 2.12. The fraction of sp³-hybridized carbons (Fsp3) is 0. The van der Waals surface area contributed by atoms with E-state index >= 15 is 0 Å². The predicted molar refractivity (Wildman–Crippen MR) is 89.1 cm³/mol. The molecule has 0 aliphatic heterocycles. The van der Waals surface area contributed by atoms with E-state index in [0.717, 1.165) is 0 Å². The molecular weight excluding hydrogens is 304 g/mol. The zero-order chi connectivity index (χ0) is 16.8. The zero-order valence-electron chi connectivity index (χ0n) is 12.6. The third-order valence-electron chi connectivity index (χ3n) is 3.18. The Morgan fingerprint density at radius 2 is 0.917 bits per heavy atom. The molecule has 0 aliphatic rings. The lowest BCUT2D eigenvalue weighted by atomic mass is 10.2. The standard InChI is InChI=1S/C20H12O4/c21-13-15-4-1-6-17(10-15)23-19-8-3-9-20(12-19)24-18-7-2-5-16(11-18)14-22/h1-12H. The first-order valence-electron chi connectivity index (χ1n) is 7.19. The van der Waals surface area contributed by atoms with Gasteiger partial charge in [-0.2, -0.15) is 0 Å². The average molecular weight is 316 g/mol. The topological polar surface area (TPSA) is 52.6 Å². The highest BCUT2D eigenvalue weighted by Gasteiger charge is 2.03. The lowest BCUT2D eigenvalue weighted by molar-refractivity contribution is 0.460. The summed E-state index contributed by atoms with van der Waals surface area (Å²) in [6.07, 6.45) is 3.64. The van der Waals surface area contributed by atoms with E-state index in [1.165, 1.54) is 0 Å². The Hall–Kier alpha value is -3.40. The van der Waals surface area contributed by atoms with E-state index in [4.69, 9.17) is 9.47 Å². The van der Waals surface area contributed by atoms with Crippen molar-refractivity contribution >= 4 is 12.6 Å². The van der Waals surface area contributed by atoms with Crippen molar-refractivity contribution in [1.29, 1.82) is 0 Å². The molecule has 2 radical (unpaired) electrons. The van der Waals surface area contributed by atoms with Gasteiger partial charge in [0.1, 0.15) is 23.0 Å². The predicted octanol–water partition coefficient (Wildman–Crippen LogP) is 4.19. The smallest absolute Gasteiger partial charge is 0.233 e. The van der Waals surface area contributed by atoms with Gasteiger partial charge in [0.2, 0.25) is 12.6 Å². The van der Waals surface area contributed by atoms with Crippen molar-refractivity contribution in [1.82, 2.24) is 0 Å². The van der Waals surface area contributed by atoms with Crippen LogP contribution in [-0.4, -0.2) is 12.6 Å². The third-order valence-corrected chi connectivity index (χ3v) is 3.18. The van der Waals surface area contributed by atoms with E-state index < -0.39 is 0 Å². The zero-order valence-corrected chi connectivity index (χ0v) is 12.6. The maximum atomic E-state index is 10.7. The molecule has 0 amide bonds. The summed E-state index contributed by atoms with van der Waals surface area (Å²) >= 11 is 0. The molecular formula is C20H12O4. The summed E-state index contributed by atoms with van der Waals surface area (Å²) in [5.74, 6) is 2.19. The van der Waals surface area contributed by atoms with Gasteiger partial charge < -0.3 is 9.47 Å². The first-order valence-corrected chi connectivity index (χ1v) is 7.19. The van der Waals surface area contributed by atoms with Crippen LogP contribution in [0.1, 0.15) is 11.1 Å². The fourth-order valence-corrected chi connectivity index (χ4v) is 2.12. The number of benzene rings is 3. The summed E-state index contributed by atoms with van der Waals surface area (Å²) in [4.78, 5) is 21.4. The Balaban J connectivity index is 1.78. The second kappa shape index (κ2) is 7.24. The molecule has 0 aromatic heterocycles. The summed E-state index contributed by atoms with van der Waals surface area (Å²) in [6, 6.07) is 20.5. The van der Waals surface area contributed by atoms with E-state index in [2.05, 4.69) is 0 Å². The van der Waals surface area contributed by atoms with Gasteiger partial charge in [0.15, 0.2) is 0 Å². The molecule has 0 heterocycles. The van der Waals surface area contributed by atoms with Crippen molar-refractivity contribution in [3.8, 4) is 23.0 Å². The van der Waals surface area contributed by atoms with Crippen LogP contribution in [0.15, 0.2) is 72.8 Å². The van der Waals surface area contributed by atoms with Crippen LogP contribution in [0.25, 0.3) is 0 Å². The minimum Gasteiger partial charge on any atom is -0.457 e. The number of hydrogen-bond acceptors (Lipinski definition) is 4. The van der Waals surface area contributed by atoms with E-state index in [-0.39, 0.29) is 0 Å². The number of hydrogen-bond donors (Lipinski definition) is 0. The summed E-state index contributed by atoms with van der Waals surface area (Å²) in [7, 11) is 0. The molecule has 24 heavy (non-hydrogen) atoms. The van der Waals surface area contributed by atoms with Crippen LogP contribution in [0.4, 0.5) is 0 Å². The molecule has 0 fully saturated rings. The van der Waals surface area contributed by atoms with E-state index in [1.807, 2.05) is 12.6 Å². The Kier molecular flexibility index (Phi) is 4.68. The number of rotatable bonds is 6. The lowest BCUT2D eigenvalue weighted by Crippen LogP contribution is -1.89. The SMILES string of the molecule is O=[C]c1cccc(Oc2cccc(Oc3cccc([C]=O)c3)c2)c1. The largest absolute Gasteiger partial charge is 0.457 e. The molecule has 0 unspecified atom stereocenters.